The van der Waals surface area contributed by atoms with Gasteiger partial charge in [-0.25, -0.2) is 21.7 Å². The van der Waals surface area contributed by atoms with Crippen molar-refractivity contribution in [3.05, 3.63) is 52.5 Å². The van der Waals surface area contributed by atoms with E-state index in [0.717, 1.165) is 14.4 Å². The summed E-state index contributed by atoms with van der Waals surface area (Å²) in [5.41, 5.74) is 0.694. The Balaban J connectivity index is 2.31. The van der Waals surface area contributed by atoms with Crippen LogP contribution in [0, 0.1) is 6.92 Å². The van der Waals surface area contributed by atoms with Crippen molar-refractivity contribution in [1.82, 2.24) is 0 Å². The van der Waals surface area contributed by atoms with Crippen molar-refractivity contribution < 1.29 is 26.7 Å². The quantitative estimate of drug-likeness (QED) is 0.399. The molecule has 1 aromatic heterocycles. The zero-order valence-corrected chi connectivity index (χ0v) is 19.4. The van der Waals surface area contributed by atoms with Crippen LogP contribution in [-0.2, 0) is 25.8 Å². The molecule has 0 saturated carbocycles. The van der Waals surface area contributed by atoms with Gasteiger partial charge in [-0.05, 0) is 54.3 Å². The molecule has 1 atom stereocenters. The summed E-state index contributed by atoms with van der Waals surface area (Å²) in [4.78, 5) is 11.7. The number of rotatable bonds is 6. The van der Waals surface area contributed by atoms with E-state index in [1.807, 2.05) is 0 Å². The van der Waals surface area contributed by atoms with Gasteiger partial charge >= 0.3 is 5.97 Å². The van der Waals surface area contributed by atoms with Gasteiger partial charge in [0.05, 0.1) is 29.0 Å². The van der Waals surface area contributed by atoms with E-state index in [1.54, 1.807) is 25.1 Å². The fourth-order valence-corrected chi connectivity index (χ4v) is 6.32. The third-order valence-corrected chi connectivity index (χ3v) is 8.59. The fourth-order valence-electron chi connectivity index (χ4n) is 2.97. The first kappa shape index (κ1) is 22.7. The number of thiophene rings is 1. The van der Waals surface area contributed by atoms with E-state index < -0.39 is 27.1 Å². The molecule has 0 fully saturated rings. The van der Waals surface area contributed by atoms with Crippen LogP contribution in [0.15, 0.2) is 41.3 Å². The molecule has 1 heterocycles. The second-order valence-corrected chi connectivity index (χ2v) is 10.8. The maximum atomic E-state index is 12.8. The van der Waals surface area contributed by atoms with Crippen LogP contribution in [0.2, 0.25) is 5.02 Å². The van der Waals surface area contributed by atoms with E-state index >= 15 is 0 Å². The number of esters is 1. The van der Waals surface area contributed by atoms with E-state index in [4.69, 9.17) is 11.6 Å². The van der Waals surface area contributed by atoms with Gasteiger partial charge in [-0.1, -0.05) is 18.5 Å². The summed E-state index contributed by atoms with van der Waals surface area (Å²) in [5, 5.41) is 1.71. The normalized spacial score (nSPS) is 12.7. The Morgan fingerprint density at radius 2 is 1.97 bits per heavy atom. The van der Waals surface area contributed by atoms with Crippen LogP contribution in [0.25, 0.3) is 10.1 Å². The molecule has 0 aliphatic carbocycles. The van der Waals surface area contributed by atoms with Crippen molar-refractivity contribution in [2.45, 2.75) is 18.7 Å². The molecule has 1 N–H and O–H groups in total. The van der Waals surface area contributed by atoms with Gasteiger partial charge in [0.25, 0.3) is 11.3 Å². The summed E-state index contributed by atoms with van der Waals surface area (Å²) < 4.78 is 54.6. The van der Waals surface area contributed by atoms with Crippen molar-refractivity contribution in [1.29, 1.82) is 0 Å². The molecule has 11 heteroatoms. The number of carbonyl (C=O) groups excluding carboxylic acids is 1. The first-order chi connectivity index (χ1) is 14.1. The number of sulfone groups is 1. The van der Waals surface area contributed by atoms with Crippen LogP contribution in [-0.4, -0.2) is 36.0 Å². The van der Waals surface area contributed by atoms with Crippen LogP contribution in [0.3, 0.4) is 0 Å². The Kier molecular flexibility index (Phi) is 6.54. The van der Waals surface area contributed by atoms with Gasteiger partial charge < -0.3 is 4.74 Å². The predicted octanol–water partition coefficient (Wildman–Crippen LogP) is 4.72. The molecule has 0 amide bonds. The molecule has 2 aromatic carbocycles. The Morgan fingerprint density at radius 3 is 2.57 bits per heavy atom. The zero-order chi connectivity index (χ0) is 22.2. The van der Waals surface area contributed by atoms with Crippen LogP contribution in [0.4, 0.5) is 10.7 Å². The maximum absolute atomic E-state index is 12.8. The number of nitrogens with zero attached hydrogens (tertiary/aromatic N) is 1. The van der Waals surface area contributed by atoms with Crippen LogP contribution >= 0.6 is 22.9 Å². The number of methoxy groups -OCH3 is 1. The summed E-state index contributed by atoms with van der Waals surface area (Å²) >= 11 is 4.73. The third kappa shape index (κ3) is 4.10. The standard InChI is InChI=1S/C19H18ClNO6S3/c1-4-30(25,26)17-9-12(19(22)27-3)5-7-15(17)21(29(23)24)18-11(2)14-10-13(20)6-8-16(14)28-18/h5-10H,4H2,1-3H3,(H,23,24). The highest BCUT2D eigenvalue weighted by atomic mass is 35.5. The number of halogens is 1. The minimum atomic E-state index is -3.84. The number of aryl methyl sites for hydroxylation is 1. The Bertz CT molecular complexity index is 1270. The van der Waals surface area contributed by atoms with Crippen LogP contribution in [0.1, 0.15) is 22.8 Å². The molecule has 0 aliphatic rings. The summed E-state index contributed by atoms with van der Waals surface area (Å²) in [6.07, 6.45) is 0. The van der Waals surface area contributed by atoms with Crippen molar-refractivity contribution in [2.75, 3.05) is 17.2 Å². The van der Waals surface area contributed by atoms with E-state index in [-0.39, 0.29) is 21.9 Å². The summed E-state index contributed by atoms with van der Waals surface area (Å²) in [6, 6.07) is 9.10. The van der Waals surface area contributed by atoms with E-state index in [9.17, 15) is 22.0 Å². The van der Waals surface area contributed by atoms with Gasteiger partial charge in [-0.15, -0.1) is 11.3 Å². The van der Waals surface area contributed by atoms with Crippen molar-refractivity contribution in [3.63, 3.8) is 0 Å². The average molecular weight is 488 g/mol. The number of anilines is 2. The first-order valence-corrected chi connectivity index (χ1v) is 12.6. The maximum Gasteiger partial charge on any atom is 0.337 e. The molecule has 0 aliphatic heterocycles. The number of hydrogen-bond donors (Lipinski definition) is 1. The molecule has 0 spiro atoms. The van der Waals surface area contributed by atoms with Gasteiger partial charge in [0, 0.05) is 9.72 Å². The van der Waals surface area contributed by atoms with E-state index in [1.165, 1.54) is 43.6 Å². The molecule has 7 nitrogen and oxygen atoms in total. The number of carbonyl (C=O) groups is 1. The molecule has 1 unspecified atom stereocenters. The summed E-state index contributed by atoms with van der Waals surface area (Å²) in [6.45, 7) is 3.22. The van der Waals surface area contributed by atoms with E-state index in [2.05, 4.69) is 4.74 Å². The Labute approximate surface area is 185 Å². The van der Waals surface area contributed by atoms with E-state index in [0.29, 0.717) is 15.6 Å². The average Bonchev–Trinajstić information content (AvgIpc) is 3.03. The first-order valence-electron chi connectivity index (χ1n) is 8.65. The van der Waals surface area contributed by atoms with Crippen molar-refractivity contribution >= 4 is 70.8 Å². The molecule has 30 heavy (non-hydrogen) atoms. The Morgan fingerprint density at radius 1 is 1.27 bits per heavy atom. The van der Waals surface area contributed by atoms with Crippen molar-refractivity contribution in [3.8, 4) is 0 Å². The highest BCUT2D eigenvalue weighted by Gasteiger charge is 2.29. The second kappa shape index (κ2) is 8.64. The fraction of sp³-hybridized carbons (Fsp3) is 0.211. The topological polar surface area (TPSA) is 101 Å². The Hall–Kier alpha value is -1.98. The number of ether oxygens (including phenoxy) is 1. The lowest BCUT2D eigenvalue weighted by Crippen LogP contribution is -2.22. The lowest BCUT2D eigenvalue weighted by atomic mass is 10.1. The summed E-state index contributed by atoms with van der Waals surface area (Å²) in [5.74, 6) is -0.962. The van der Waals surface area contributed by atoms with Gasteiger partial charge in [0.1, 0.15) is 5.00 Å². The number of benzene rings is 2. The number of fused-ring (bicyclic) bond motifs is 1. The largest absolute Gasteiger partial charge is 0.465 e. The third-order valence-electron chi connectivity index (χ3n) is 4.53. The molecular weight excluding hydrogens is 470 g/mol. The highest BCUT2D eigenvalue weighted by Crippen LogP contribution is 2.44. The molecule has 3 rings (SSSR count). The number of hydrogen-bond acceptors (Lipinski definition) is 6. The second-order valence-electron chi connectivity index (χ2n) is 6.28. The zero-order valence-electron chi connectivity index (χ0n) is 16.2. The predicted molar refractivity (Wildman–Crippen MR) is 120 cm³/mol. The molecule has 0 saturated heterocycles. The van der Waals surface area contributed by atoms with Crippen molar-refractivity contribution in [2.24, 2.45) is 0 Å². The van der Waals surface area contributed by atoms with Crippen LogP contribution in [0.5, 0.6) is 0 Å². The lowest BCUT2D eigenvalue weighted by Gasteiger charge is -2.22. The molecular formula is C19H18ClNO6S3. The highest BCUT2D eigenvalue weighted by molar-refractivity contribution is 7.91. The smallest absolute Gasteiger partial charge is 0.337 e. The molecule has 160 valence electrons. The molecule has 0 radical (unpaired) electrons. The minimum absolute atomic E-state index is 0.00825. The van der Waals surface area contributed by atoms with Gasteiger partial charge in [-0.2, -0.15) is 0 Å². The van der Waals surface area contributed by atoms with Gasteiger partial charge in [-0.3, -0.25) is 4.55 Å². The lowest BCUT2D eigenvalue weighted by molar-refractivity contribution is 0.0600. The summed E-state index contributed by atoms with van der Waals surface area (Å²) in [7, 11) is -2.66. The monoisotopic (exact) mass is 487 g/mol. The SMILES string of the molecule is CCS(=O)(=O)c1cc(C(=O)OC)ccc1N(c1sc2ccc(Cl)cc2c1C)S(=O)O. The minimum Gasteiger partial charge on any atom is -0.465 e. The van der Waals surface area contributed by atoms with Gasteiger partial charge in [0.2, 0.25) is 0 Å². The van der Waals surface area contributed by atoms with Gasteiger partial charge in [0.15, 0.2) is 9.84 Å². The van der Waals surface area contributed by atoms with Crippen LogP contribution < -0.4 is 4.31 Å². The molecule has 3 aromatic rings. The molecule has 0 bridgehead atoms.